The van der Waals surface area contributed by atoms with E-state index in [4.69, 9.17) is 5.73 Å². The van der Waals surface area contributed by atoms with E-state index in [0.717, 1.165) is 12.8 Å². The summed E-state index contributed by atoms with van der Waals surface area (Å²) in [6, 6.07) is 0. The van der Waals surface area contributed by atoms with E-state index in [9.17, 15) is 9.59 Å². The number of carbonyl (C=O) groups is 2. The fourth-order valence-electron chi connectivity index (χ4n) is 2.63. The van der Waals surface area contributed by atoms with E-state index in [0.29, 0.717) is 18.3 Å². The van der Waals surface area contributed by atoms with Crippen LogP contribution in [0.2, 0.25) is 0 Å². The molecule has 0 spiro atoms. The van der Waals surface area contributed by atoms with Crippen molar-refractivity contribution in [2.24, 2.45) is 29.4 Å². The van der Waals surface area contributed by atoms with Crippen molar-refractivity contribution in [3.8, 4) is 0 Å². The summed E-state index contributed by atoms with van der Waals surface area (Å²) in [5, 5.41) is 2.98. The normalized spacial score (nSPS) is 24.6. The van der Waals surface area contributed by atoms with Crippen LogP contribution in [0, 0.1) is 23.7 Å². The number of amides is 2. The third kappa shape index (κ3) is 4.99. The van der Waals surface area contributed by atoms with Crippen LogP contribution in [0.4, 0.5) is 0 Å². The molecule has 4 heteroatoms. The van der Waals surface area contributed by atoms with Crippen molar-refractivity contribution in [1.29, 1.82) is 0 Å². The number of rotatable bonds is 7. The smallest absolute Gasteiger partial charge is 0.224 e. The van der Waals surface area contributed by atoms with E-state index >= 15 is 0 Å². The molecule has 0 radical (unpaired) electrons. The van der Waals surface area contributed by atoms with Crippen LogP contribution in [0.25, 0.3) is 0 Å². The van der Waals surface area contributed by atoms with Gasteiger partial charge in [0.05, 0.1) is 11.8 Å². The Balaban J connectivity index is 2.84. The molecule has 1 saturated carbocycles. The van der Waals surface area contributed by atoms with E-state index in [1.807, 2.05) is 20.8 Å². The zero-order chi connectivity index (χ0) is 15.5. The maximum atomic E-state index is 12.5. The van der Waals surface area contributed by atoms with Crippen molar-refractivity contribution in [2.75, 3.05) is 0 Å². The second kappa shape index (κ2) is 6.42. The van der Waals surface area contributed by atoms with E-state index in [1.165, 1.54) is 0 Å². The van der Waals surface area contributed by atoms with Crippen molar-refractivity contribution in [2.45, 2.75) is 52.5 Å². The first-order valence-electron chi connectivity index (χ1n) is 7.38. The van der Waals surface area contributed by atoms with Crippen molar-refractivity contribution in [1.82, 2.24) is 5.32 Å². The number of nitrogens with two attached hydrogens (primary N) is 1. The predicted octanol–water partition coefficient (Wildman–Crippen LogP) is 2.24. The molecule has 20 heavy (non-hydrogen) atoms. The molecule has 3 unspecified atom stereocenters. The third-order valence-electron chi connectivity index (χ3n) is 3.94. The molecular weight excluding hydrogens is 252 g/mol. The van der Waals surface area contributed by atoms with E-state index in [1.54, 1.807) is 6.08 Å². The highest BCUT2D eigenvalue weighted by Gasteiger charge is 2.41. The Labute approximate surface area is 122 Å². The Morgan fingerprint density at radius 3 is 2.30 bits per heavy atom. The number of nitrogens with one attached hydrogen (secondary N) is 1. The van der Waals surface area contributed by atoms with Gasteiger partial charge >= 0.3 is 0 Å². The van der Waals surface area contributed by atoms with Gasteiger partial charge in [-0.15, -0.1) is 6.58 Å². The molecule has 1 fully saturated rings. The van der Waals surface area contributed by atoms with Crippen LogP contribution in [0.5, 0.6) is 0 Å². The standard InChI is InChI=1S/C16H28N2O2/c1-6-7-12(14(17)19)13(9-11-8-10(11)2)15(20)18-16(3,4)5/h6,10-13H,1,7-9H2,2-5H3,(H2,17,19)(H,18,20)/t10?,11?,12-,13?/m0/s1. The van der Waals surface area contributed by atoms with Crippen LogP contribution in [0.15, 0.2) is 12.7 Å². The molecule has 1 rings (SSSR count). The summed E-state index contributed by atoms with van der Waals surface area (Å²) in [5.74, 6) is -0.0913. The van der Waals surface area contributed by atoms with E-state index in [-0.39, 0.29) is 17.4 Å². The van der Waals surface area contributed by atoms with Gasteiger partial charge in [0.25, 0.3) is 0 Å². The Morgan fingerprint density at radius 1 is 1.40 bits per heavy atom. The summed E-state index contributed by atoms with van der Waals surface area (Å²) in [6.45, 7) is 11.7. The summed E-state index contributed by atoms with van der Waals surface area (Å²) in [5.41, 5.74) is 5.18. The molecule has 0 aromatic heterocycles. The van der Waals surface area contributed by atoms with Gasteiger partial charge in [0.1, 0.15) is 0 Å². The van der Waals surface area contributed by atoms with Crippen LogP contribution in [0.3, 0.4) is 0 Å². The number of primary amides is 1. The molecule has 0 aromatic carbocycles. The van der Waals surface area contributed by atoms with Crippen molar-refractivity contribution < 1.29 is 9.59 Å². The summed E-state index contributed by atoms with van der Waals surface area (Å²) in [6.07, 6.45) is 4.01. The molecule has 0 heterocycles. The Hall–Kier alpha value is -1.32. The van der Waals surface area contributed by atoms with Crippen molar-refractivity contribution >= 4 is 11.8 Å². The zero-order valence-corrected chi connectivity index (χ0v) is 13.1. The minimum absolute atomic E-state index is 0.0674. The van der Waals surface area contributed by atoms with Crippen LogP contribution in [-0.4, -0.2) is 17.4 Å². The average molecular weight is 280 g/mol. The number of hydrogen-bond donors (Lipinski definition) is 2. The second-order valence-corrected chi connectivity index (χ2v) is 7.09. The van der Waals surface area contributed by atoms with Gasteiger partial charge in [-0.1, -0.05) is 13.0 Å². The molecule has 4 nitrogen and oxygen atoms in total. The maximum Gasteiger partial charge on any atom is 0.224 e. The summed E-state index contributed by atoms with van der Waals surface area (Å²) in [7, 11) is 0. The molecule has 0 aliphatic heterocycles. The monoisotopic (exact) mass is 280 g/mol. The first kappa shape index (κ1) is 16.7. The zero-order valence-electron chi connectivity index (χ0n) is 13.1. The highest BCUT2D eigenvalue weighted by atomic mass is 16.2. The number of allylic oxidation sites excluding steroid dienone is 1. The van der Waals surface area contributed by atoms with Gasteiger partial charge in [-0.25, -0.2) is 0 Å². The van der Waals surface area contributed by atoms with Crippen LogP contribution >= 0.6 is 0 Å². The molecule has 1 aliphatic carbocycles. The molecule has 0 aromatic rings. The van der Waals surface area contributed by atoms with E-state index < -0.39 is 11.8 Å². The summed E-state index contributed by atoms with van der Waals surface area (Å²) >= 11 is 0. The lowest BCUT2D eigenvalue weighted by Crippen LogP contribution is -2.47. The molecule has 0 bridgehead atoms. The van der Waals surface area contributed by atoms with Crippen molar-refractivity contribution in [3.05, 3.63) is 12.7 Å². The number of carbonyl (C=O) groups excluding carboxylic acids is 2. The van der Waals surface area contributed by atoms with Gasteiger partial charge in [0.15, 0.2) is 0 Å². The molecule has 1 aliphatic rings. The summed E-state index contributed by atoms with van der Waals surface area (Å²) < 4.78 is 0. The largest absolute Gasteiger partial charge is 0.369 e. The van der Waals surface area contributed by atoms with Gasteiger partial charge in [-0.2, -0.15) is 0 Å². The molecule has 3 N–H and O–H groups in total. The van der Waals surface area contributed by atoms with Crippen molar-refractivity contribution in [3.63, 3.8) is 0 Å². The third-order valence-corrected chi connectivity index (χ3v) is 3.94. The molecular formula is C16H28N2O2. The second-order valence-electron chi connectivity index (χ2n) is 7.09. The lowest BCUT2D eigenvalue weighted by molar-refractivity contribution is -0.134. The Morgan fingerprint density at radius 2 is 1.95 bits per heavy atom. The van der Waals surface area contributed by atoms with Gasteiger partial charge in [-0.05, 0) is 51.9 Å². The van der Waals surface area contributed by atoms with Gasteiger partial charge in [0.2, 0.25) is 11.8 Å². The quantitative estimate of drug-likeness (QED) is 0.702. The summed E-state index contributed by atoms with van der Waals surface area (Å²) in [4.78, 5) is 24.2. The molecule has 4 atom stereocenters. The van der Waals surface area contributed by atoms with Crippen LogP contribution in [-0.2, 0) is 9.59 Å². The Bertz CT molecular complexity index is 384. The highest BCUT2D eigenvalue weighted by Crippen LogP contribution is 2.44. The predicted molar refractivity (Wildman–Crippen MR) is 80.8 cm³/mol. The maximum absolute atomic E-state index is 12.5. The molecule has 114 valence electrons. The number of hydrogen-bond acceptors (Lipinski definition) is 2. The molecule has 0 saturated heterocycles. The minimum Gasteiger partial charge on any atom is -0.369 e. The minimum atomic E-state index is -0.456. The lowest BCUT2D eigenvalue weighted by Gasteiger charge is -2.28. The molecule has 2 amide bonds. The van der Waals surface area contributed by atoms with Gasteiger partial charge in [0, 0.05) is 5.54 Å². The van der Waals surface area contributed by atoms with Gasteiger partial charge < -0.3 is 11.1 Å². The fourth-order valence-corrected chi connectivity index (χ4v) is 2.63. The average Bonchev–Trinajstić information content (AvgIpc) is 2.96. The highest BCUT2D eigenvalue weighted by molar-refractivity contribution is 5.87. The SMILES string of the molecule is C=CC[C@H](C(N)=O)C(CC1CC1C)C(=O)NC(C)(C)C. The van der Waals surface area contributed by atoms with Crippen LogP contribution in [0.1, 0.15) is 47.0 Å². The first-order chi connectivity index (χ1) is 9.15. The fraction of sp³-hybridized carbons (Fsp3) is 0.750. The van der Waals surface area contributed by atoms with Gasteiger partial charge in [-0.3, -0.25) is 9.59 Å². The Kier molecular flexibility index (Phi) is 5.37. The topological polar surface area (TPSA) is 72.2 Å². The van der Waals surface area contributed by atoms with E-state index in [2.05, 4.69) is 18.8 Å². The lowest BCUT2D eigenvalue weighted by atomic mass is 9.83. The van der Waals surface area contributed by atoms with Crippen LogP contribution < -0.4 is 11.1 Å². The first-order valence-corrected chi connectivity index (χ1v) is 7.38.